The Morgan fingerprint density at radius 1 is 1.12 bits per heavy atom. The first-order valence-corrected chi connectivity index (χ1v) is 11.9. The molecule has 1 amide bonds. The molecule has 5 rings (SSSR count). The Bertz CT molecular complexity index is 1210. The summed E-state index contributed by atoms with van der Waals surface area (Å²) in [7, 11) is 0. The highest BCUT2D eigenvalue weighted by Gasteiger charge is 2.52. The number of esters is 2. The van der Waals surface area contributed by atoms with Crippen molar-refractivity contribution in [3.8, 4) is 0 Å². The third-order valence-electron chi connectivity index (χ3n) is 5.87. The number of β-lactam (4-membered cyclic amide) rings is 1. The van der Waals surface area contributed by atoms with E-state index in [1.54, 1.807) is 19.1 Å². The average molecular weight is 475 g/mol. The van der Waals surface area contributed by atoms with Gasteiger partial charge in [-0.15, -0.1) is 11.8 Å². The molecule has 2 aromatic carbocycles. The molecule has 2 N–H and O–H groups in total. The number of carbonyl (C=O) groups excluding carboxylic acids is 3. The maximum absolute atomic E-state index is 13.6. The van der Waals surface area contributed by atoms with Crippen LogP contribution in [0.25, 0.3) is 0 Å². The Morgan fingerprint density at radius 2 is 1.74 bits per heavy atom. The van der Waals surface area contributed by atoms with Gasteiger partial charge in [-0.25, -0.2) is 9.59 Å². The normalized spacial score (nSPS) is 23.0. The Hall–Kier alpha value is -3.62. The highest BCUT2D eigenvalue weighted by molar-refractivity contribution is 8.00. The van der Waals surface area contributed by atoms with Crippen molar-refractivity contribution in [1.29, 1.82) is 0 Å². The van der Waals surface area contributed by atoms with Crippen LogP contribution >= 0.6 is 11.8 Å². The SMILES string of the molecule is CC1=CC(=CC2=C(C(=O)OC(c3ccccc3)c3ccccc3)N3C(=O)[C@@H](N)[C@@H]3SC2)OC1=O. The Morgan fingerprint density at radius 3 is 2.29 bits per heavy atom. The summed E-state index contributed by atoms with van der Waals surface area (Å²) in [6.45, 7) is 1.65. The molecule has 0 saturated carbocycles. The van der Waals surface area contributed by atoms with Crippen molar-refractivity contribution in [1.82, 2.24) is 4.90 Å². The second kappa shape index (κ2) is 8.96. The van der Waals surface area contributed by atoms with E-state index in [4.69, 9.17) is 15.2 Å². The number of fused-ring (bicyclic) bond motifs is 1. The molecule has 7 nitrogen and oxygen atoms in total. The number of thioether (sulfide) groups is 1. The van der Waals surface area contributed by atoms with Gasteiger partial charge >= 0.3 is 11.9 Å². The summed E-state index contributed by atoms with van der Waals surface area (Å²) < 4.78 is 11.3. The zero-order valence-electron chi connectivity index (χ0n) is 18.3. The largest absolute Gasteiger partial charge is 0.448 e. The molecule has 172 valence electrons. The molecule has 3 heterocycles. The highest BCUT2D eigenvalue weighted by Crippen LogP contribution is 2.41. The van der Waals surface area contributed by atoms with Crippen molar-refractivity contribution in [3.63, 3.8) is 0 Å². The van der Waals surface area contributed by atoms with Crippen LogP contribution in [0.3, 0.4) is 0 Å². The quantitative estimate of drug-likeness (QED) is 0.525. The van der Waals surface area contributed by atoms with Gasteiger partial charge in [0.15, 0.2) is 6.10 Å². The lowest BCUT2D eigenvalue weighted by atomic mass is 10.0. The van der Waals surface area contributed by atoms with Gasteiger partial charge in [0.05, 0.1) is 0 Å². The van der Waals surface area contributed by atoms with E-state index in [0.717, 1.165) is 11.1 Å². The predicted molar refractivity (Wildman–Crippen MR) is 127 cm³/mol. The van der Waals surface area contributed by atoms with E-state index in [1.807, 2.05) is 60.7 Å². The Labute approximate surface area is 200 Å². The van der Waals surface area contributed by atoms with E-state index in [0.29, 0.717) is 22.7 Å². The minimum atomic E-state index is -0.674. The number of hydrogen-bond acceptors (Lipinski definition) is 7. The molecule has 0 aliphatic carbocycles. The molecule has 3 aliphatic heterocycles. The molecular formula is C26H22N2O5S. The van der Waals surface area contributed by atoms with E-state index >= 15 is 0 Å². The third-order valence-corrected chi connectivity index (χ3v) is 7.19. The molecular weight excluding hydrogens is 452 g/mol. The number of carbonyl (C=O) groups is 3. The summed E-state index contributed by atoms with van der Waals surface area (Å²) in [5.74, 6) is -0.678. The van der Waals surface area contributed by atoms with Crippen molar-refractivity contribution >= 4 is 29.6 Å². The van der Waals surface area contributed by atoms with Crippen molar-refractivity contribution in [2.45, 2.75) is 24.4 Å². The Kier molecular flexibility index (Phi) is 5.85. The first kappa shape index (κ1) is 22.2. The molecule has 0 radical (unpaired) electrons. The van der Waals surface area contributed by atoms with Crippen LogP contribution in [0.5, 0.6) is 0 Å². The molecule has 1 saturated heterocycles. The standard InChI is InChI=1S/C26H22N2O5S/c1-15-12-19(32-25(15)30)13-18-14-34-24-20(27)23(29)28(24)21(18)26(31)33-22(16-8-4-2-5-9-16)17-10-6-3-7-11-17/h2-13,20,22,24H,14,27H2,1H3/t20-,24+/m1/s1. The second-order valence-electron chi connectivity index (χ2n) is 8.18. The highest BCUT2D eigenvalue weighted by atomic mass is 32.2. The van der Waals surface area contributed by atoms with Gasteiger partial charge in [0.2, 0.25) is 5.91 Å². The van der Waals surface area contributed by atoms with Gasteiger partial charge in [0.1, 0.15) is 22.9 Å². The topological polar surface area (TPSA) is 98.9 Å². The van der Waals surface area contributed by atoms with Crippen LogP contribution in [0, 0.1) is 0 Å². The first-order chi connectivity index (χ1) is 16.4. The molecule has 0 bridgehead atoms. The van der Waals surface area contributed by atoms with Crippen molar-refractivity contribution in [2.24, 2.45) is 5.73 Å². The summed E-state index contributed by atoms with van der Waals surface area (Å²) >= 11 is 1.46. The van der Waals surface area contributed by atoms with Gasteiger partial charge in [-0.2, -0.15) is 0 Å². The van der Waals surface area contributed by atoms with E-state index < -0.39 is 24.1 Å². The molecule has 0 spiro atoms. The summed E-state index contributed by atoms with van der Waals surface area (Å²) in [5, 5.41) is -0.340. The van der Waals surface area contributed by atoms with Crippen LogP contribution < -0.4 is 5.73 Å². The maximum atomic E-state index is 13.6. The van der Waals surface area contributed by atoms with E-state index in [1.165, 1.54) is 16.7 Å². The number of amides is 1. The molecule has 34 heavy (non-hydrogen) atoms. The molecule has 2 atom stereocenters. The Balaban J connectivity index is 1.54. The fourth-order valence-electron chi connectivity index (χ4n) is 4.12. The summed E-state index contributed by atoms with van der Waals surface area (Å²) in [5.41, 5.74) is 8.74. The van der Waals surface area contributed by atoms with Crippen molar-refractivity contribution in [2.75, 3.05) is 5.75 Å². The van der Waals surface area contributed by atoms with Gasteiger partial charge in [-0.1, -0.05) is 60.7 Å². The van der Waals surface area contributed by atoms with Crippen molar-refractivity contribution in [3.05, 3.63) is 107 Å². The van der Waals surface area contributed by atoms with Crippen LogP contribution in [-0.4, -0.2) is 39.9 Å². The van der Waals surface area contributed by atoms with Gasteiger partial charge in [-0.3, -0.25) is 9.69 Å². The summed E-state index contributed by atoms with van der Waals surface area (Å²) in [6, 6.07) is 18.2. The minimum Gasteiger partial charge on any atom is -0.448 e. The van der Waals surface area contributed by atoms with Crippen LogP contribution in [0.15, 0.2) is 95.4 Å². The minimum absolute atomic E-state index is 0.133. The van der Waals surface area contributed by atoms with Crippen LogP contribution in [0.2, 0.25) is 0 Å². The maximum Gasteiger partial charge on any atom is 0.356 e. The van der Waals surface area contributed by atoms with Gasteiger partial charge in [-0.05, 0) is 35.8 Å². The molecule has 8 heteroatoms. The number of ether oxygens (including phenoxy) is 2. The fourth-order valence-corrected chi connectivity index (χ4v) is 5.37. The van der Waals surface area contributed by atoms with Crippen LogP contribution in [-0.2, 0) is 23.9 Å². The number of nitrogens with zero attached hydrogens (tertiary/aromatic N) is 1. The third kappa shape index (κ3) is 3.95. The monoisotopic (exact) mass is 474 g/mol. The van der Waals surface area contributed by atoms with Gasteiger partial charge in [0, 0.05) is 11.3 Å². The molecule has 1 fully saturated rings. The number of hydrogen-bond donors (Lipinski definition) is 1. The molecule has 0 aromatic heterocycles. The van der Waals surface area contributed by atoms with Gasteiger partial charge in [0.25, 0.3) is 0 Å². The number of rotatable bonds is 5. The van der Waals surface area contributed by atoms with E-state index in [2.05, 4.69) is 0 Å². The zero-order chi connectivity index (χ0) is 23.8. The van der Waals surface area contributed by atoms with Crippen LogP contribution in [0.1, 0.15) is 24.2 Å². The number of cyclic esters (lactones) is 1. The fraction of sp³-hybridized carbons (Fsp3) is 0.192. The smallest absolute Gasteiger partial charge is 0.356 e. The zero-order valence-corrected chi connectivity index (χ0v) is 19.2. The van der Waals surface area contributed by atoms with E-state index in [9.17, 15) is 14.4 Å². The number of allylic oxidation sites excluding steroid dienone is 2. The lowest BCUT2D eigenvalue weighted by Crippen LogP contribution is -2.68. The summed E-state index contributed by atoms with van der Waals surface area (Å²) in [4.78, 5) is 39.5. The lowest BCUT2D eigenvalue weighted by molar-refractivity contribution is -0.153. The van der Waals surface area contributed by atoms with Crippen LogP contribution in [0.4, 0.5) is 0 Å². The molecule has 3 aliphatic rings. The molecule has 2 aromatic rings. The molecule has 0 unspecified atom stereocenters. The van der Waals surface area contributed by atoms with Crippen molar-refractivity contribution < 1.29 is 23.9 Å². The number of nitrogens with two attached hydrogens (primary N) is 1. The summed E-state index contributed by atoms with van der Waals surface area (Å²) in [6.07, 6.45) is 2.56. The van der Waals surface area contributed by atoms with Gasteiger partial charge < -0.3 is 15.2 Å². The average Bonchev–Trinajstić information content (AvgIpc) is 3.18. The first-order valence-electron chi connectivity index (χ1n) is 10.8. The van der Waals surface area contributed by atoms with E-state index in [-0.39, 0.29) is 17.0 Å². The second-order valence-corrected chi connectivity index (χ2v) is 9.28. The predicted octanol–water partition coefficient (Wildman–Crippen LogP) is 3.20. The lowest BCUT2D eigenvalue weighted by Gasteiger charge is -2.48. The number of benzene rings is 2.